The Kier molecular flexibility index (Phi) is 5.53. The fraction of sp³-hybridized carbons (Fsp3) is 0.476. The molecule has 2 aliphatic heterocycles. The van der Waals surface area contributed by atoms with Crippen LogP contribution in [0.3, 0.4) is 0 Å². The minimum absolute atomic E-state index is 0.106. The molecule has 3 atom stereocenters. The van der Waals surface area contributed by atoms with E-state index in [1.54, 1.807) is 0 Å². The highest BCUT2D eigenvalue weighted by molar-refractivity contribution is 5.93. The zero-order valence-corrected chi connectivity index (χ0v) is 16.7. The number of urea groups is 1. The van der Waals surface area contributed by atoms with Crippen molar-refractivity contribution >= 4 is 11.9 Å². The van der Waals surface area contributed by atoms with Crippen molar-refractivity contribution < 1.29 is 14.3 Å². The summed E-state index contributed by atoms with van der Waals surface area (Å²) >= 11 is 0. The van der Waals surface area contributed by atoms with E-state index < -0.39 is 0 Å². The molecule has 0 saturated carbocycles. The first-order valence-corrected chi connectivity index (χ1v) is 10.2. The van der Waals surface area contributed by atoms with Gasteiger partial charge >= 0.3 is 6.03 Å². The summed E-state index contributed by atoms with van der Waals surface area (Å²) in [7, 11) is 0. The van der Waals surface area contributed by atoms with Gasteiger partial charge in [0.05, 0.1) is 6.04 Å². The molecular formula is C21H27N5O3. The summed E-state index contributed by atoms with van der Waals surface area (Å²) in [5.41, 5.74) is 4.30. The van der Waals surface area contributed by atoms with Gasteiger partial charge in [-0.2, -0.15) is 5.10 Å². The minimum atomic E-state index is -0.249. The molecule has 8 heteroatoms. The summed E-state index contributed by atoms with van der Waals surface area (Å²) in [5, 5.41) is 15.9. The number of benzene rings is 1. The zero-order chi connectivity index (χ0) is 20.4. The number of amides is 3. The van der Waals surface area contributed by atoms with E-state index in [9.17, 15) is 9.59 Å². The number of nitrogens with one attached hydrogen (secondary N) is 4. The number of aromatic amines is 1. The van der Waals surface area contributed by atoms with Crippen LogP contribution in [-0.4, -0.2) is 35.0 Å². The summed E-state index contributed by atoms with van der Waals surface area (Å²) in [6.07, 6.45) is 2.53. The molecule has 8 nitrogen and oxygen atoms in total. The van der Waals surface area contributed by atoms with E-state index in [2.05, 4.69) is 26.1 Å². The van der Waals surface area contributed by atoms with Crippen molar-refractivity contribution in [1.29, 1.82) is 0 Å². The van der Waals surface area contributed by atoms with E-state index in [1.165, 1.54) is 0 Å². The molecule has 0 aliphatic carbocycles. The Labute approximate surface area is 169 Å². The number of hydrogen-bond acceptors (Lipinski definition) is 4. The number of aryl methyl sites for hydroxylation is 1. The van der Waals surface area contributed by atoms with Gasteiger partial charge in [-0.25, -0.2) is 4.79 Å². The third-order valence-electron chi connectivity index (χ3n) is 5.80. The van der Waals surface area contributed by atoms with Crippen LogP contribution >= 0.6 is 0 Å². The van der Waals surface area contributed by atoms with Gasteiger partial charge in [0.25, 0.3) is 5.91 Å². The van der Waals surface area contributed by atoms with Crippen LogP contribution < -0.4 is 16.0 Å². The average Bonchev–Trinajstić information content (AvgIpc) is 3.12. The van der Waals surface area contributed by atoms with Crippen molar-refractivity contribution in [3.8, 4) is 0 Å². The van der Waals surface area contributed by atoms with Crippen molar-refractivity contribution in [2.45, 2.75) is 51.9 Å². The summed E-state index contributed by atoms with van der Waals surface area (Å²) in [6, 6.07) is 7.66. The van der Waals surface area contributed by atoms with Crippen molar-refractivity contribution in [1.82, 2.24) is 26.1 Å². The fourth-order valence-corrected chi connectivity index (χ4v) is 4.21. The first-order valence-electron chi connectivity index (χ1n) is 10.2. The van der Waals surface area contributed by atoms with E-state index in [0.29, 0.717) is 18.8 Å². The van der Waals surface area contributed by atoms with Gasteiger partial charge in [0, 0.05) is 30.3 Å². The SMILES string of the molecule is CCc1[nH]nc(C(=O)NCc2cccc([C@@H]3NC(=O)N[C@H]4OCCC[C@H]43)c2)c1C. The summed E-state index contributed by atoms with van der Waals surface area (Å²) < 4.78 is 5.75. The molecule has 0 spiro atoms. The van der Waals surface area contributed by atoms with Crippen molar-refractivity contribution in [3.05, 3.63) is 52.3 Å². The molecule has 0 unspecified atom stereocenters. The molecule has 154 valence electrons. The average molecular weight is 397 g/mol. The van der Waals surface area contributed by atoms with Crippen LogP contribution in [0.25, 0.3) is 0 Å². The van der Waals surface area contributed by atoms with Gasteiger partial charge < -0.3 is 20.7 Å². The molecule has 4 N–H and O–H groups in total. The Morgan fingerprint density at radius 3 is 3.00 bits per heavy atom. The quantitative estimate of drug-likeness (QED) is 0.621. The second-order valence-electron chi connectivity index (χ2n) is 7.65. The lowest BCUT2D eigenvalue weighted by Crippen LogP contribution is -2.58. The lowest BCUT2D eigenvalue weighted by atomic mass is 9.85. The standard InChI is InChI=1S/C21H27N5O3/c1-3-16-12(2)17(26-25-16)19(27)22-11-13-6-4-7-14(10-13)18-15-8-5-9-29-20(15)24-21(28)23-18/h4,6-7,10,15,18,20H,3,5,8-9,11H2,1-2H3,(H,22,27)(H,25,26)(H2,23,24,28)/t15-,18-,20-/m0/s1. The van der Waals surface area contributed by atoms with E-state index in [4.69, 9.17) is 4.74 Å². The molecule has 3 amide bonds. The molecule has 2 saturated heterocycles. The molecule has 1 aromatic heterocycles. The third-order valence-corrected chi connectivity index (χ3v) is 5.80. The molecule has 4 rings (SSSR count). The van der Waals surface area contributed by atoms with E-state index in [0.717, 1.165) is 41.6 Å². The lowest BCUT2D eigenvalue weighted by Gasteiger charge is -2.42. The number of fused-ring (bicyclic) bond motifs is 1. The van der Waals surface area contributed by atoms with Crippen LogP contribution in [0.2, 0.25) is 0 Å². The molecular weight excluding hydrogens is 370 g/mol. The number of hydrogen-bond donors (Lipinski definition) is 4. The van der Waals surface area contributed by atoms with Gasteiger partial charge in [0.1, 0.15) is 6.23 Å². The van der Waals surface area contributed by atoms with Gasteiger partial charge in [-0.05, 0) is 37.3 Å². The third kappa shape index (κ3) is 3.98. The monoisotopic (exact) mass is 397 g/mol. The van der Waals surface area contributed by atoms with Crippen LogP contribution in [0.5, 0.6) is 0 Å². The normalized spacial score (nSPS) is 23.7. The van der Waals surface area contributed by atoms with Crippen LogP contribution in [0.15, 0.2) is 24.3 Å². The van der Waals surface area contributed by atoms with E-state index in [-0.39, 0.29) is 30.1 Å². The van der Waals surface area contributed by atoms with E-state index >= 15 is 0 Å². The molecule has 2 fully saturated rings. The first kappa shape index (κ1) is 19.4. The minimum Gasteiger partial charge on any atom is -0.358 e. The van der Waals surface area contributed by atoms with Gasteiger partial charge in [0.15, 0.2) is 5.69 Å². The Morgan fingerprint density at radius 2 is 2.21 bits per heavy atom. The fourth-order valence-electron chi connectivity index (χ4n) is 4.21. The van der Waals surface area contributed by atoms with Crippen molar-refractivity contribution in [2.24, 2.45) is 5.92 Å². The molecule has 3 heterocycles. The molecule has 1 aromatic carbocycles. The van der Waals surface area contributed by atoms with Gasteiger partial charge in [0.2, 0.25) is 0 Å². The second-order valence-corrected chi connectivity index (χ2v) is 7.65. The number of nitrogens with zero attached hydrogens (tertiary/aromatic N) is 1. The van der Waals surface area contributed by atoms with Crippen LogP contribution in [0.1, 0.15) is 58.7 Å². The maximum atomic E-state index is 12.5. The number of aromatic nitrogens is 2. The number of H-pyrrole nitrogens is 1. The smallest absolute Gasteiger partial charge is 0.317 e. The first-order chi connectivity index (χ1) is 14.1. The van der Waals surface area contributed by atoms with Crippen LogP contribution in [0, 0.1) is 12.8 Å². The predicted molar refractivity (Wildman–Crippen MR) is 107 cm³/mol. The molecule has 29 heavy (non-hydrogen) atoms. The molecule has 2 aromatic rings. The largest absolute Gasteiger partial charge is 0.358 e. The molecule has 0 bridgehead atoms. The van der Waals surface area contributed by atoms with Crippen molar-refractivity contribution in [3.63, 3.8) is 0 Å². The number of carbonyl (C=O) groups excluding carboxylic acids is 2. The highest BCUT2D eigenvalue weighted by Gasteiger charge is 2.39. The van der Waals surface area contributed by atoms with Gasteiger partial charge in [-0.1, -0.05) is 31.2 Å². The lowest BCUT2D eigenvalue weighted by molar-refractivity contribution is -0.0602. The molecule has 2 aliphatic rings. The summed E-state index contributed by atoms with van der Waals surface area (Å²) in [6.45, 7) is 4.99. The van der Waals surface area contributed by atoms with Gasteiger partial charge in [-0.3, -0.25) is 9.89 Å². The summed E-state index contributed by atoms with van der Waals surface area (Å²) in [4.78, 5) is 24.6. The number of rotatable bonds is 5. The van der Waals surface area contributed by atoms with Crippen LogP contribution in [0.4, 0.5) is 4.79 Å². The maximum Gasteiger partial charge on any atom is 0.317 e. The Hall–Kier alpha value is -2.87. The Bertz CT molecular complexity index is 909. The Morgan fingerprint density at radius 1 is 1.34 bits per heavy atom. The predicted octanol–water partition coefficient (Wildman–Crippen LogP) is 2.32. The Balaban J connectivity index is 1.46. The van der Waals surface area contributed by atoms with E-state index in [1.807, 2.05) is 38.1 Å². The summed E-state index contributed by atoms with van der Waals surface area (Å²) in [5.74, 6) is -0.00905. The van der Waals surface area contributed by atoms with Crippen molar-refractivity contribution in [2.75, 3.05) is 6.61 Å². The highest BCUT2D eigenvalue weighted by Crippen LogP contribution is 2.34. The molecule has 0 radical (unpaired) electrons. The zero-order valence-electron chi connectivity index (χ0n) is 16.7. The van der Waals surface area contributed by atoms with Gasteiger partial charge in [-0.15, -0.1) is 0 Å². The topological polar surface area (TPSA) is 108 Å². The van der Waals surface area contributed by atoms with Crippen LogP contribution in [-0.2, 0) is 17.7 Å². The second kappa shape index (κ2) is 8.24. The highest BCUT2D eigenvalue weighted by atomic mass is 16.5. The maximum absolute atomic E-state index is 12.5. The number of ether oxygens (including phenoxy) is 1. The number of carbonyl (C=O) groups is 2.